The predicted octanol–water partition coefficient (Wildman–Crippen LogP) is 2.25. The van der Waals surface area contributed by atoms with Crippen LogP contribution in [0.4, 0.5) is 5.69 Å². The Kier molecular flexibility index (Phi) is 4.22. The van der Waals surface area contributed by atoms with Gasteiger partial charge in [0.15, 0.2) is 0 Å². The molecule has 0 saturated heterocycles. The minimum Gasteiger partial charge on any atom is -0.497 e. The average molecular weight is 321 g/mol. The van der Waals surface area contributed by atoms with E-state index in [4.69, 9.17) is 4.74 Å². The monoisotopic (exact) mass is 321 g/mol. The van der Waals surface area contributed by atoms with Crippen LogP contribution < -0.4 is 4.74 Å². The van der Waals surface area contributed by atoms with Crippen LogP contribution in [0.5, 0.6) is 5.75 Å². The highest BCUT2D eigenvalue weighted by atomic mass is 32.2. The number of carbonyl (C=O) groups excluding carboxylic acids is 1. The van der Waals surface area contributed by atoms with Gasteiger partial charge in [0.1, 0.15) is 16.9 Å². The quantitative estimate of drug-likeness (QED) is 0.475. The molecule has 8 heteroatoms. The number of ether oxygens (including phenoxy) is 1. The highest BCUT2D eigenvalue weighted by Crippen LogP contribution is 2.30. The number of hydrogen-bond donors (Lipinski definition) is 0. The molecule has 0 aliphatic rings. The molecular formula is C14H11NO6S. The molecular weight excluding hydrogens is 310 g/mol. The van der Waals surface area contributed by atoms with Crippen LogP contribution in [0.2, 0.25) is 0 Å². The van der Waals surface area contributed by atoms with E-state index >= 15 is 0 Å². The summed E-state index contributed by atoms with van der Waals surface area (Å²) in [5.41, 5.74) is -0.610. The number of benzene rings is 2. The van der Waals surface area contributed by atoms with Crippen LogP contribution in [0.25, 0.3) is 0 Å². The lowest BCUT2D eigenvalue weighted by Crippen LogP contribution is -2.06. The lowest BCUT2D eigenvalue weighted by atomic mass is 10.2. The van der Waals surface area contributed by atoms with E-state index in [9.17, 15) is 23.3 Å². The molecule has 2 aromatic carbocycles. The van der Waals surface area contributed by atoms with E-state index in [2.05, 4.69) is 0 Å². The van der Waals surface area contributed by atoms with Gasteiger partial charge in [0.05, 0.1) is 16.9 Å². The Bertz CT molecular complexity index is 827. The van der Waals surface area contributed by atoms with Gasteiger partial charge in [0, 0.05) is 11.6 Å². The number of sulfone groups is 1. The van der Waals surface area contributed by atoms with Crippen molar-refractivity contribution in [3.63, 3.8) is 0 Å². The zero-order valence-corrected chi connectivity index (χ0v) is 12.2. The van der Waals surface area contributed by atoms with Gasteiger partial charge in [-0.2, -0.15) is 0 Å². The van der Waals surface area contributed by atoms with Gasteiger partial charge in [-0.15, -0.1) is 0 Å². The number of carbonyl (C=O) groups is 1. The highest BCUT2D eigenvalue weighted by molar-refractivity contribution is 7.91. The lowest BCUT2D eigenvalue weighted by Gasteiger charge is -2.07. The van der Waals surface area contributed by atoms with Gasteiger partial charge in [-0.3, -0.25) is 14.9 Å². The maximum Gasteiger partial charge on any atom is 0.289 e. The van der Waals surface area contributed by atoms with E-state index in [1.54, 1.807) is 0 Å². The third kappa shape index (κ3) is 2.82. The Labute approximate surface area is 126 Å². The molecule has 0 atom stereocenters. The first kappa shape index (κ1) is 15.6. The van der Waals surface area contributed by atoms with Gasteiger partial charge >= 0.3 is 0 Å². The minimum absolute atomic E-state index is 0.0281. The molecule has 0 bridgehead atoms. The van der Waals surface area contributed by atoms with E-state index in [0.29, 0.717) is 12.0 Å². The molecule has 0 amide bonds. The summed E-state index contributed by atoms with van der Waals surface area (Å²) in [6.45, 7) is 0. The summed E-state index contributed by atoms with van der Waals surface area (Å²) in [6.07, 6.45) is 0.413. The second-order valence-corrected chi connectivity index (χ2v) is 6.20. The van der Waals surface area contributed by atoms with Crippen molar-refractivity contribution in [1.82, 2.24) is 0 Å². The van der Waals surface area contributed by atoms with Crippen molar-refractivity contribution in [1.29, 1.82) is 0 Å². The fourth-order valence-electron chi connectivity index (χ4n) is 1.86. The minimum atomic E-state index is -4.08. The summed E-state index contributed by atoms with van der Waals surface area (Å²) in [4.78, 5) is 20.4. The molecule has 0 fully saturated rings. The molecule has 0 aliphatic carbocycles. The Morgan fingerprint density at radius 3 is 2.27 bits per heavy atom. The van der Waals surface area contributed by atoms with E-state index in [-0.39, 0.29) is 10.5 Å². The first-order chi connectivity index (χ1) is 10.4. The van der Waals surface area contributed by atoms with Crippen molar-refractivity contribution < 1.29 is 22.9 Å². The van der Waals surface area contributed by atoms with Crippen LogP contribution in [0.3, 0.4) is 0 Å². The van der Waals surface area contributed by atoms with Crippen molar-refractivity contribution >= 4 is 21.8 Å². The van der Waals surface area contributed by atoms with Gasteiger partial charge in [-0.25, -0.2) is 8.42 Å². The fraction of sp³-hybridized carbons (Fsp3) is 0.0714. The van der Waals surface area contributed by atoms with Gasteiger partial charge < -0.3 is 4.74 Å². The SMILES string of the molecule is COc1ccc(S(=O)(=O)c2ccc(C=O)cc2[N+](=O)[O-])cc1. The lowest BCUT2D eigenvalue weighted by molar-refractivity contribution is -0.387. The molecule has 22 heavy (non-hydrogen) atoms. The molecule has 0 radical (unpaired) electrons. The van der Waals surface area contributed by atoms with Crippen molar-refractivity contribution in [2.24, 2.45) is 0 Å². The topological polar surface area (TPSA) is 104 Å². The van der Waals surface area contributed by atoms with Crippen molar-refractivity contribution in [3.05, 3.63) is 58.1 Å². The van der Waals surface area contributed by atoms with E-state index in [0.717, 1.165) is 12.1 Å². The average Bonchev–Trinajstić information content (AvgIpc) is 2.54. The zero-order valence-electron chi connectivity index (χ0n) is 11.4. The molecule has 2 rings (SSSR count). The van der Waals surface area contributed by atoms with Crippen LogP contribution >= 0.6 is 0 Å². The molecule has 0 aliphatic heterocycles. The Balaban J connectivity index is 2.62. The van der Waals surface area contributed by atoms with E-state index < -0.39 is 25.3 Å². The van der Waals surface area contributed by atoms with Crippen LogP contribution in [-0.4, -0.2) is 26.7 Å². The standard InChI is InChI=1S/C14H11NO6S/c1-21-11-3-5-12(6-4-11)22(19,20)14-7-2-10(9-16)8-13(14)15(17)18/h2-9H,1H3. The smallest absolute Gasteiger partial charge is 0.289 e. The molecule has 114 valence electrons. The number of nitro benzene ring substituents is 1. The molecule has 0 unspecified atom stereocenters. The van der Waals surface area contributed by atoms with Crippen LogP contribution in [0.15, 0.2) is 52.3 Å². The summed E-state index contributed by atoms with van der Waals surface area (Å²) in [7, 11) is -2.64. The Morgan fingerprint density at radius 2 is 1.77 bits per heavy atom. The second kappa shape index (κ2) is 5.94. The number of methoxy groups -OCH3 is 1. The molecule has 2 aromatic rings. The number of aldehydes is 1. The van der Waals surface area contributed by atoms with E-state index in [1.165, 1.54) is 37.4 Å². The summed E-state index contributed by atoms with van der Waals surface area (Å²) < 4.78 is 30.0. The summed E-state index contributed by atoms with van der Waals surface area (Å²) >= 11 is 0. The molecule has 0 heterocycles. The fourth-order valence-corrected chi connectivity index (χ4v) is 3.26. The number of nitrogens with zero attached hydrogens (tertiary/aromatic N) is 1. The highest BCUT2D eigenvalue weighted by Gasteiger charge is 2.27. The molecule has 0 saturated carbocycles. The van der Waals surface area contributed by atoms with Gasteiger partial charge in [-0.05, 0) is 36.4 Å². The zero-order chi connectivity index (χ0) is 16.3. The van der Waals surface area contributed by atoms with Gasteiger partial charge in [-0.1, -0.05) is 0 Å². The van der Waals surface area contributed by atoms with Crippen molar-refractivity contribution in [3.8, 4) is 5.75 Å². The Morgan fingerprint density at radius 1 is 1.14 bits per heavy atom. The summed E-state index contributed by atoms with van der Waals surface area (Å²) in [5.74, 6) is 0.463. The number of nitro groups is 1. The van der Waals surface area contributed by atoms with Crippen LogP contribution in [0.1, 0.15) is 10.4 Å². The summed E-state index contributed by atoms with van der Waals surface area (Å²) in [5, 5.41) is 11.1. The van der Waals surface area contributed by atoms with E-state index in [1.807, 2.05) is 0 Å². The largest absolute Gasteiger partial charge is 0.497 e. The normalized spacial score (nSPS) is 11.0. The first-order valence-corrected chi connectivity index (χ1v) is 7.51. The molecule has 0 N–H and O–H groups in total. The second-order valence-electron chi connectivity index (χ2n) is 4.28. The van der Waals surface area contributed by atoms with Crippen LogP contribution in [0, 0.1) is 10.1 Å². The maximum absolute atomic E-state index is 12.5. The van der Waals surface area contributed by atoms with Crippen molar-refractivity contribution in [2.75, 3.05) is 7.11 Å². The summed E-state index contributed by atoms with van der Waals surface area (Å²) in [6, 6.07) is 8.69. The van der Waals surface area contributed by atoms with Crippen LogP contribution in [-0.2, 0) is 9.84 Å². The third-order valence-corrected chi connectivity index (χ3v) is 4.79. The first-order valence-electron chi connectivity index (χ1n) is 6.03. The molecule has 0 aromatic heterocycles. The molecule has 0 spiro atoms. The third-order valence-electron chi connectivity index (χ3n) is 2.98. The Hall–Kier alpha value is -2.74. The van der Waals surface area contributed by atoms with Crippen molar-refractivity contribution in [2.45, 2.75) is 9.79 Å². The maximum atomic E-state index is 12.5. The number of rotatable bonds is 5. The van der Waals surface area contributed by atoms with Gasteiger partial charge in [0.2, 0.25) is 9.84 Å². The van der Waals surface area contributed by atoms with Gasteiger partial charge in [0.25, 0.3) is 5.69 Å². The predicted molar refractivity (Wildman–Crippen MR) is 76.9 cm³/mol. The molecule has 7 nitrogen and oxygen atoms in total. The number of hydrogen-bond acceptors (Lipinski definition) is 6.